The highest BCUT2D eigenvalue weighted by atomic mass is 16.4. The highest BCUT2D eigenvalue weighted by Gasteiger charge is 2.51. The molecular formula is C16H26N2O3. The summed E-state index contributed by atoms with van der Waals surface area (Å²) in [5, 5.41) is 15.4. The van der Waals surface area contributed by atoms with Gasteiger partial charge in [0.15, 0.2) is 0 Å². The van der Waals surface area contributed by atoms with Gasteiger partial charge >= 0.3 is 12.0 Å². The zero-order chi connectivity index (χ0) is 15.0. The van der Waals surface area contributed by atoms with Gasteiger partial charge in [-0.25, -0.2) is 4.79 Å². The molecule has 118 valence electrons. The van der Waals surface area contributed by atoms with Crippen molar-refractivity contribution in [1.82, 2.24) is 10.6 Å². The first kappa shape index (κ1) is 14.7. The number of carboxylic acids is 1. The lowest BCUT2D eigenvalue weighted by Crippen LogP contribution is -2.52. The highest BCUT2D eigenvalue weighted by molar-refractivity contribution is 5.77. The van der Waals surface area contributed by atoms with Gasteiger partial charge in [0.25, 0.3) is 0 Å². The second kappa shape index (κ2) is 5.85. The number of amides is 2. The Morgan fingerprint density at radius 1 is 1.10 bits per heavy atom. The summed E-state index contributed by atoms with van der Waals surface area (Å²) in [6.07, 6.45) is 7.90. The van der Waals surface area contributed by atoms with Crippen LogP contribution in [-0.2, 0) is 4.79 Å². The van der Waals surface area contributed by atoms with E-state index in [-0.39, 0.29) is 24.0 Å². The summed E-state index contributed by atoms with van der Waals surface area (Å²) < 4.78 is 0. The molecule has 3 rings (SSSR count). The van der Waals surface area contributed by atoms with Crippen LogP contribution in [0.2, 0.25) is 0 Å². The van der Waals surface area contributed by atoms with E-state index in [0.717, 1.165) is 19.3 Å². The van der Waals surface area contributed by atoms with Crippen LogP contribution in [0, 0.1) is 23.7 Å². The van der Waals surface area contributed by atoms with E-state index in [4.69, 9.17) is 0 Å². The number of carbonyl (C=O) groups excluding carboxylic acids is 1. The molecule has 0 spiro atoms. The predicted octanol–water partition coefficient (Wildman–Crippen LogP) is 2.36. The molecule has 0 aromatic carbocycles. The smallest absolute Gasteiger partial charge is 0.315 e. The van der Waals surface area contributed by atoms with Crippen molar-refractivity contribution in [2.24, 2.45) is 23.7 Å². The Hall–Kier alpha value is -1.26. The lowest BCUT2D eigenvalue weighted by Gasteiger charge is -2.30. The second-order valence-corrected chi connectivity index (χ2v) is 7.17. The lowest BCUT2D eigenvalue weighted by atomic mass is 9.84. The van der Waals surface area contributed by atoms with Gasteiger partial charge in [-0.2, -0.15) is 0 Å². The van der Waals surface area contributed by atoms with Gasteiger partial charge in [-0.3, -0.25) is 4.79 Å². The second-order valence-electron chi connectivity index (χ2n) is 7.17. The molecule has 0 aliphatic heterocycles. The first-order valence-electron chi connectivity index (χ1n) is 8.36. The van der Waals surface area contributed by atoms with Gasteiger partial charge in [0.2, 0.25) is 0 Å². The maximum absolute atomic E-state index is 12.2. The van der Waals surface area contributed by atoms with Crippen molar-refractivity contribution in [3.05, 3.63) is 0 Å². The maximum atomic E-state index is 12.2. The molecule has 5 atom stereocenters. The van der Waals surface area contributed by atoms with Gasteiger partial charge < -0.3 is 15.7 Å². The average molecular weight is 294 g/mol. The Morgan fingerprint density at radius 2 is 1.76 bits per heavy atom. The van der Waals surface area contributed by atoms with E-state index in [0.29, 0.717) is 11.8 Å². The number of fused-ring (bicyclic) bond motifs is 2. The summed E-state index contributed by atoms with van der Waals surface area (Å²) in [6, 6.07) is -0.190. The summed E-state index contributed by atoms with van der Waals surface area (Å²) >= 11 is 0. The third-order valence-corrected chi connectivity index (χ3v) is 5.96. The molecule has 3 aliphatic carbocycles. The Labute approximate surface area is 125 Å². The van der Waals surface area contributed by atoms with Crippen LogP contribution >= 0.6 is 0 Å². The molecule has 2 bridgehead atoms. The third kappa shape index (κ3) is 2.87. The van der Waals surface area contributed by atoms with Crippen molar-refractivity contribution in [1.29, 1.82) is 0 Å². The zero-order valence-electron chi connectivity index (χ0n) is 12.7. The van der Waals surface area contributed by atoms with Gasteiger partial charge in [-0.05, 0) is 56.8 Å². The molecule has 0 saturated heterocycles. The molecule has 3 saturated carbocycles. The summed E-state index contributed by atoms with van der Waals surface area (Å²) in [6.45, 7) is 2.06. The van der Waals surface area contributed by atoms with E-state index in [1.54, 1.807) is 0 Å². The molecule has 2 amide bonds. The summed E-state index contributed by atoms with van der Waals surface area (Å²) in [5.41, 5.74) is 0. The molecule has 3 N–H and O–H groups in total. The number of carboxylic acid groups (broad SMARTS) is 1. The van der Waals surface area contributed by atoms with Gasteiger partial charge in [-0.15, -0.1) is 0 Å². The minimum atomic E-state index is -0.753. The van der Waals surface area contributed by atoms with Crippen LogP contribution in [0.1, 0.15) is 51.9 Å². The first-order chi connectivity index (χ1) is 10.1. The van der Waals surface area contributed by atoms with E-state index in [2.05, 4.69) is 17.6 Å². The summed E-state index contributed by atoms with van der Waals surface area (Å²) in [7, 11) is 0. The maximum Gasteiger partial charge on any atom is 0.315 e. The molecule has 3 aliphatic rings. The predicted molar refractivity (Wildman–Crippen MR) is 78.8 cm³/mol. The summed E-state index contributed by atoms with van der Waals surface area (Å²) in [4.78, 5) is 23.6. The number of carbonyl (C=O) groups is 2. The Kier molecular flexibility index (Phi) is 4.09. The number of rotatable bonds is 4. The van der Waals surface area contributed by atoms with Gasteiger partial charge in [0.05, 0.1) is 5.92 Å². The van der Waals surface area contributed by atoms with Crippen LogP contribution in [0.25, 0.3) is 0 Å². The number of hydrogen-bond acceptors (Lipinski definition) is 2. The molecule has 0 heterocycles. The van der Waals surface area contributed by atoms with E-state index in [1.165, 1.54) is 25.7 Å². The van der Waals surface area contributed by atoms with Gasteiger partial charge in [0.1, 0.15) is 0 Å². The van der Waals surface area contributed by atoms with Crippen molar-refractivity contribution in [3.8, 4) is 0 Å². The Morgan fingerprint density at radius 3 is 2.43 bits per heavy atom. The number of aliphatic carboxylic acids is 1. The monoisotopic (exact) mass is 294 g/mol. The average Bonchev–Trinajstić information content (AvgIpc) is 3.15. The largest absolute Gasteiger partial charge is 0.481 e. The lowest BCUT2D eigenvalue weighted by molar-refractivity contribution is -0.144. The fourth-order valence-electron chi connectivity index (χ4n) is 4.83. The van der Waals surface area contributed by atoms with Crippen LogP contribution in [-0.4, -0.2) is 29.2 Å². The molecule has 5 nitrogen and oxygen atoms in total. The van der Waals surface area contributed by atoms with Crippen molar-refractivity contribution in [3.63, 3.8) is 0 Å². The number of hydrogen-bond donors (Lipinski definition) is 3. The normalized spacial score (nSPS) is 36.6. The molecule has 0 aromatic rings. The van der Waals surface area contributed by atoms with Gasteiger partial charge in [-0.1, -0.05) is 12.8 Å². The summed E-state index contributed by atoms with van der Waals surface area (Å²) in [5.74, 6) is 0.0346. The molecule has 0 radical (unpaired) electrons. The minimum absolute atomic E-state index is 0.175. The molecule has 21 heavy (non-hydrogen) atoms. The fraction of sp³-hybridized carbons (Fsp3) is 0.875. The SMILES string of the molecule is CC(NC(=O)NC1C2CCC(C2)C1C(=O)O)C1CCCC1. The van der Waals surface area contributed by atoms with E-state index < -0.39 is 11.9 Å². The number of nitrogens with one attached hydrogen (secondary N) is 2. The standard InChI is InChI=1S/C16H26N2O3/c1-9(10-4-2-3-5-10)17-16(21)18-14-12-7-6-11(8-12)13(14)15(19)20/h9-14H,2-8H2,1H3,(H,19,20)(H2,17,18,21). The number of urea groups is 1. The Balaban J connectivity index is 1.55. The van der Waals surface area contributed by atoms with Crippen LogP contribution in [0.4, 0.5) is 4.79 Å². The van der Waals surface area contributed by atoms with Gasteiger partial charge in [0, 0.05) is 12.1 Å². The molecular weight excluding hydrogens is 268 g/mol. The van der Waals surface area contributed by atoms with Crippen molar-refractivity contribution in [2.75, 3.05) is 0 Å². The van der Waals surface area contributed by atoms with Crippen LogP contribution in [0.15, 0.2) is 0 Å². The Bertz CT molecular complexity index is 420. The van der Waals surface area contributed by atoms with Crippen molar-refractivity contribution in [2.45, 2.75) is 64.0 Å². The van der Waals surface area contributed by atoms with Crippen molar-refractivity contribution < 1.29 is 14.7 Å². The van der Waals surface area contributed by atoms with Crippen LogP contribution < -0.4 is 10.6 Å². The fourth-order valence-corrected chi connectivity index (χ4v) is 4.83. The topological polar surface area (TPSA) is 78.4 Å². The first-order valence-corrected chi connectivity index (χ1v) is 8.36. The highest BCUT2D eigenvalue weighted by Crippen LogP contribution is 2.48. The molecule has 3 fully saturated rings. The molecule has 5 heteroatoms. The van der Waals surface area contributed by atoms with E-state index >= 15 is 0 Å². The quantitative estimate of drug-likeness (QED) is 0.745. The van der Waals surface area contributed by atoms with E-state index in [9.17, 15) is 14.7 Å². The molecule has 5 unspecified atom stereocenters. The minimum Gasteiger partial charge on any atom is -0.481 e. The third-order valence-electron chi connectivity index (χ3n) is 5.96. The van der Waals surface area contributed by atoms with Crippen LogP contribution in [0.5, 0.6) is 0 Å². The van der Waals surface area contributed by atoms with Crippen LogP contribution in [0.3, 0.4) is 0 Å². The van der Waals surface area contributed by atoms with Crippen molar-refractivity contribution >= 4 is 12.0 Å². The molecule has 0 aromatic heterocycles. The van der Waals surface area contributed by atoms with E-state index in [1.807, 2.05) is 0 Å². The zero-order valence-corrected chi connectivity index (χ0v) is 12.7.